The summed E-state index contributed by atoms with van der Waals surface area (Å²) in [6, 6.07) is 17.2. The van der Waals surface area contributed by atoms with Gasteiger partial charge in [-0.2, -0.15) is 0 Å². The molecule has 122 valence electrons. The van der Waals surface area contributed by atoms with Crippen LogP contribution in [0.1, 0.15) is 18.1 Å². The van der Waals surface area contributed by atoms with E-state index < -0.39 is 0 Å². The molecule has 0 bridgehead atoms. The molecule has 0 unspecified atom stereocenters. The minimum absolute atomic E-state index is 0.563. The zero-order chi connectivity index (χ0) is 16.1. The Bertz CT molecular complexity index is 633. The molecule has 1 N–H and O–H groups in total. The van der Waals surface area contributed by atoms with Crippen molar-refractivity contribution in [2.75, 3.05) is 19.6 Å². The fourth-order valence-electron chi connectivity index (χ4n) is 2.91. The zero-order valence-electron chi connectivity index (χ0n) is 13.5. The molecule has 0 aliphatic carbocycles. The highest BCUT2D eigenvalue weighted by atomic mass is 79.9. The van der Waals surface area contributed by atoms with Gasteiger partial charge in [-0.1, -0.05) is 36.4 Å². The van der Waals surface area contributed by atoms with Gasteiger partial charge < -0.3 is 10.1 Å². The Morgan fingerprint density at radius 2 is 2.00 bits per heavy atom. The van der Waals surface area contributed by atoms with Gasteiger partial charge in [-0.3, -0.25) is 4.90 Å². The van der Waals surface area contributed by atoms with Crippen LogP contribution in [0.25, 0.3) is 0 Å². The summed E-state index contributed by atoms with van der Waals surface area (Å²) < 4.78 is 7.00. The van der Waals surface area contributed by atoms with Crippen molar-refractivity contribution in [3.63, 3.8) is 0 Å². The topological polar surface area (TPSA) is 24.5 Å². The van der Waals surface area contributed by atoms with Crippen molar-refractivity contribution in [2.45, 2.75) is 26.1 Å². The fourth-order valence-corrected chi connectivity index (χ4v) is 3.27. The maximum Gasteiger partial charge on any atom is 0.134 e. The quantitative estimate of drug-likeness (QED) is 0.860. The van der Waals surface area contributed by atoms with Crippen LogP contribution in [0.3, 0.4) is 0 Å². The Morgan fingerprint density at radius 3 is 2.78 bits per heavy atom. The summed E-state index contributed by atoms with van der Waals surface area (Å²) in [5.74, 6) is 0.912. The normalized spacial score (nSPS) is 18.8. The van der Waals surface area contributed by atoms with E-state index in [1.165, 1.54) is 11.1 Å². The van der Waals surface area contributed by atoms with Gasteiger partial charge in [0.2, 0.25) is 0 Å². The van der Waals surface area contributed by atoms with E-state index >= 15 is 0 Å². The lowest BCUT2D eigenvalue weighted by Crippen LogP contribution is -2.48. The maximum absolute atomic E-state index is 6.00. The number of hydrogen-bond acceptors (Lipinski definition) is 3. The van der Waals surface area contributed by atoms with E-state index in [2.05, 4.69) is 63.4 Å². The number of rotatable bonds is 5. The molecule has 0 spiro atoms. The smallest absolute Gasteiger partial charge is 0.134 e. The molecule has 3 nitrogen and oxygen atoms in total. The first-order valence-corrected chi connectivity index (χ1v) is 8.91. The van der Waals surface area contributed by atoms with E-state index in [1.807, 2.05) is 18.2 Å². The van der Waals surface area contributed by atoms with Gasteiger partial charge in [0.15, 0.2) is 0 Å². The van der Waals surface area contributed by atoms with Gasteiger partial charge in [0, 0.05) is 32.2 Å². The summed E-state index contributed by atoms with van der Waals surface area (Å²) in [5, 5.41) is 3.48. The molecular weight excluding hydrogens is 352 g/mol. The van der Waals surface area contributed by atoms with Crippen molar-refractivity contribution in [1.29, 1.82) is 0 Å². The predicted molar refractivity (Wildman–Crippen MR) is 97.7 cm³/mol. The van der Waals surface area contributed by atoms with Crippen LogP contribution in [-0.4, -0.2) is 30.6 Å². The van der Waals surface area contributed by atoms with E-state index in [1.54, 1.807) is 0 Å². The van der Waals surface area contributed by atoms with E-state index in [0.717, 1.165) is 36.4 Å². The first kappa shape index (κ1) is 16.5. The molecule has 1 atom stereocenters. The minimum atomic E-state index is 0.563. The largest absolute Gasteiger partial charge is 0.488 e. The van der Waals surface area contributed by atoms with E-state index in [9.17, 15) is 0 Å². The molecular formula is C19H23BrN2O. The number of nitrogens with zero attached hydrogens (tertiary/aromatic N) is 1. The van der Waals surface area contributed by atoms with Crippen LogP contribution in [0.2, 0.25) is 0 Å². The van der Waals surface area contributed by atoms with E-state index in [4.69, 9.17) is 4.74 Å². The predicted octanol–water partition coefficient (Wildman–Crippen LogP) is 3.82. The summed E-state index contributed by atoms with van der Waals surface area (Å²) in [7, 11) is 0. The third-order valence-corrected chi connectivity index (χ3v) is 4.75. The molecule has 0 amide bonds. The second-order valence-electron chi connectivity index (χ2n) is 6.13. The highest BCUT2D eigenvalue weighted by molar-refractivity contribution is 9.10. The standard InChI is InChI=1S/C19H23BrN2O/c1-15-12-22(10-9-21-15)13-17-7-8-18(20)19(11-17)23-14-16-5-3-2-4-6-16/h2-8,11,15,21H,9-10,12-14H2,1H3/t15-/m0/s1. The van der Waals surface area contributed by atoms with Gasteiger partial charge in [-0.05, 0) is 46.1 Å². The molecule has 0 saturated carbocycles. The van der Waals surface area contributed by atoms with Gasteiger partial charge >= 0.3 is 0 Å². The fraction of sp³-hybridized carbons (Fsp3) is 0.368. The lowest BCUT2D eigenvalue weighted by atomic mass is 10.1. The molecule has 1 fully saturated rings. The Kier molecular flexibility index (Phi) is 5.70. The number of halogens is 1. The van der Waals surface area contributed by atoms with Crippen molar-refractivity contribution >= 4 is 15.9 Å². The summed E-state index contributed by atoms with van der Waals surface area (Å²) >= 11 is 3.59. The van der Waals surface area contributed by atoms with E-state index in [0.29, 0.717) is 12.6 Å². The van der Waals surface area contributed by atoms with Crippen LogP contribution in [-0.2, 0) is 13.2 Å². The van der Waals surface area contributed by atoms with Crippen molar-refractivity contribution in [3.8, 4) is 5.75 Å². The van der Waals surface area contributed by atoms with Crippen molar-refractivity contribution in [1.82, 2.24) is 10.2 Å². The molecule has 0 aromatic heterocycles. The molecule has 4 heteroatoms. The maximum atomic E-state index is 6.00. The number of benzene rings is 2. The van der Waals surface area contributed by atoms with Crippen LogP contribution in [0.5, 0.6) is 5.75 Å². The summed E-state index contributed by atoms with van der Waals surface area (Å²) in [6.07, 6.45) is 0. The molecule has 1 heterocycles. The average Bonchev–Trinajstić information content (AvgIpc) is 2.56. The van der Waals surface area contributed by atoms with Crippen molar-refractivity contribution < 1.29 is 4.74 Å². The van der Waals surface area contributed by atoms with Crippen LogP contribution >= 0.6 is 15.9 Å². The molecule has 2 aromatic carbocycles. The molecule has 0 radical (unpaired) electrons. The van der Waals surface area contributed by atoms with Gasteiger partial charge in [0.25, 0.3) is 0 Å². The molecule has 3 rings (SSSR count). The van der Waals surface area contributed by atoms with Crippen molar-refractivity contribution in [3.05, 3.63) is 64.1 Å². The second kappa shape index (κ2) is 7.95. The Hall–Kier alpha value is -1.36. The second-order valence-corrected chi connectivity index (χ2v) is 6.98. The Labute approximate surface area is 146 Å². The summed E-state index contributed by atoms with van der Waals surface area (Å²) in [4.78, 5) is 2.49. The monoisotopic (exact) mass is 374 g/mol. The third kappa shape index (κ3) is 4.80. The lowest BCUT2D eigenvalue weighted by molar-refractivity contribution is 0.199. The van der Waals surface area contributed by atoms with Gasteiger partial charge in [0.05, 0.1) is 4.47 Å². The van der Waals surface area contributed by atoms with Gasteiger partial charge in [-0.25, -0.2) is 0 Å². The van der Waals surface area contributed by atoms with Crippen LogP contribution in [0, 0.1) is 0 Å². The van der Waals surface area contributed by atoms with E-state index in [-0.39, 0.29) is 0 Å². The van der Waals surface area contributed by atoms with Gasteiger partial charge in [0.1, 0.15) is 12.4 Å². The number of nitrogens with one attached hydrogen (secondary N) is 1. The van der Waals surface area contributed by atoms with Gasteiger partial charge in [-0.15, -0.1) is 0 Å². The number of hydrogen-bond donors (Lipinski definition) is 1. The first-order valence-electron chi connectivity index (χ1n) is 8.11. The first-order chi connectivity index (χ1) is 11.2. The number of ether oxygens (including phenoxy) is 1. The third-order valence-electron chi connectivity index (χ3n) is 4.09. The molecule has 1 aliphatic rings. The highest BCUT2D eigenvalue weighted by Crippen LogP contribution is 2.27. The number of piperazine rings is 1. The van der Waals surface area contributed by atoms with Crippen LogP contribution < -0.4 is 10.1 Å². The molecule has 23 heavy (non-hydrogen) atoms. The summed E-state index contributed by atoms with van der Waals surface area (Å²) in [6.45, 7) is 7.06. The summed E-state index contributed by atoms with van der Waals surface area (Å²) in [5.41, 5.74) is 2.48. The van der Waals surface area contributed by atoms with Crippen LogP contribution in [0.4, 0.5) is 0 Å². The minimum Gasteiger partial charge on any atom is -0.488 e. The van der Waals surface area contributed by atoms with Crippen LogP contribution in [0.15, 0.2) is 53.0 Å². The highest BCUT2D eigenvalue weighted by Gasteiger charge is 2.16. The molecule has 1 saturated heterocycles. The molecule has 2 aromatic rings. The molecule has 1 aliphatic heterocycles. The Balaban J connectivity index is 1.64. The SMILES string of the molecule is C[C@H]1CN(Cc2ccc(Br)c(OCc3ccccc3)c2)CCN1. The lowest BCUT2D eigenvalue weighted by Gasteiger charge is -2.31. The average molecular weight is 375 g/mol. The van der Waals surface area contributed by atoms with Crippen molar-refractivity contribution in [2.24, 2.45) is 0 Å². The Morgan fingerprint density at radius 1 is 1.17 bits per heavy atom. The zero-order valence-corrected chi connectivity index (χ0v) is 15.1.